The van der Waals surface area contributed by atoms with Crippen LogP contribution in [0.25, 0.3) is 0 Å². The van der Waals surface area contributed by atoms with Crippen LogP contribution in [0.1, 0.15) is 34.6 Å². The molecule has 108 valence electrons. The lowest BCUT2D eigenvalue weighted by atomic mass is 10.1. The first-order valence-electron chi connectivity index (χ1n) is 6.51. The average Bonchev–Trinajstić information content (AvgIpc) is 2.44. The van der Waals surface area contributed by atoms with Gasteiger partial charge in [0.25, 0.3) is 5.91 Å². The van der Waals surface area contributed by atoms with Gasteiger partial charge in [-0.1, -0.05) is 19.9 Å². The van der Waals surface area contributed by atoms with Gasteiger partial charge in [-0.05, 0) is 49.0 Å². The number of nitrogens with zero attached hydrogens (tertiary/aromatic N) is 2. The maximum Gasteiger partial charge on any atom is 0.266 e. The molecule has 1 aliphatic heterocycles. The number of allylic oxidation sites excluding steroid dienone is 1. The molecule has 1 atom stereocenters. The van der Waals surface area contributed by atoms with Gasteiger partial charge in [-0.15, -0.1) is 11.8 Å². The lowest BCUT2D eigenvalue weighted by molar-refractivity contribution is -0.122. The van der Waals surface area contributed by atoms with Crippen LogP contribution in [-0.2, 0) is 4.79 Å². The minimum atomic E-state index is -0.0230. The van der Waals surface area contributed by atoms with Crippen molar-refractivity contribution < 1.29 is 4.79 Å². The van der Waals surface area contributed by atoms with E-state index in [1.54, 1.807) is 16.7 Å². The summed E-state index contributed by atoms with van der Waals surface area (Å²) in [4.78, 5) is 18.3. The van der Waals surface area contributed by atoms with Crippen molar-refractivity contribution >= 4 is 39.4 Å². The van der Waals surface area contributed by atoms with Gasteiger partial charge in [0.15, 0.2) is 0 Å². The normalized spacial score (nSPS) is 21.1. The number of likely N-dealkylation sites (N-methyl/N-ethyl adjacent to an activating group) is 1. The van der Waals surface area contributed by atoms with Crippen LogP contribution in [0.2, 0.25) is 0 Å². The van der Waals surface area contributed by atoms with Gasteiger partial charge in [0.05, 0.1) is 9.86 Å². The number of amidine groups is 1. The Kier molecular flexibility index (Phi) is 9.10. The van der Waals surface area contributed by atoms with Crippen LogP contribution < -0.4 is 0 Å². The van der Waals surface area contributed by atoms with Gasteiger partial charge in [-0.25, -0.2) is 0 Å². The molecule has 1 aliphatic rings. The zero-order valence-electron chi connectivity index (χ0n) is 12.5. The number of carbonyl (C=O) groups excluding carboxylic acids is 1. The van der Waals surface area contributed by atoms with Crippen molar-refractivity contribution in [3.8, 4) is 0 Å². The zero-order valence-corrected chi connectivity index (χ0v) is 14.9. The monoisotopic (exact) mass is 346 g/mol. The number of halogens is 1. The van der Waals surface area contributed by atoms with Crippen LogP contribution in [0, 0.1) is 0 Å². The second-order valence-electron chi connectivity index (χ2n) is 3.57. The smallest absolute Gasteiger partial charge is 0.266 e. The molecule has 1 amide bonds. The molecule has 0 spiro atoms. The van der Waals surface area contributed by atoms with Gasteiger partial charge in [0, 0.05) is 12.1 Å². The lowest BCUT2D eigenvalue weighted by Crippen LogP contribution is -2.40. The molecule has 0 bridgehead atoms. The highest BCUT2D eigenvalue weighted by molar-refractivity contribution is 9.12. The Morgan fingerprint density at radius 3 is 2.53 bits per heavy atom. The Labute approximate surface area is 129 Å². The van der Waals surface area contributed by atoms with Crippen LogP contribution in [-0.4, -0.2) is 34.8 Å². The molecule has 19 heavy (non-hydrogen) atoms. The van der Waals surface area contributed by atoms with Gasteiger partial charge in [-0.3, -0.25) is 14.7 Å². The molecule has 0 fully saturated rings. The molecule has 1 heterocycles. The molecule has 0 saturated carbocycles. The van der Waals surface area contributed by atoms with Gasteiger partial charge in [-0.2, -0.15) is 0 Å². The van der Waals surface area contributed by atoms with E-state index in [-0.39, 0.29) is 11.3 Å². The summed E-state index contributed by atoms with van der Waals surface area (Å²) in [6, 6.07) is 0. The Bertz CT molecular complexity index is 402. The Balaban J connectivity index is 0.00000154. The quantitative estimate of drug-likeness (QED) is 0.766. The summed E-state index contributed by atoms with van der Waals surface area (Å²) >= 11 is 4.96. The largest absolute Gasteiger partial charge is 0.292 e. The molecule has 3 nitrogen and oxygen atoms in total. The van der Waals surface area contributed by atoms with Gasteiger partial charge >= 0.3 is 0 Å². The molecule has 0 aliphatic carbocycles. The van der Waals surface area contributed by atoms with Crippen molar-refractivity contribution in [2.45, 2.75) is 40.0 Å². The van der Waals surface area contributed by atoms with E-state index in [0.29, 0.717) is 11.0 Å². The summed E-state index contributed by atoms with van der Waals surface area (Å²) < 4.78 is 0.586. The van der Waals surface area contributed by atoms with Crippen LogP contribution in [0.5, 0.6) is 0 Å². The van der Waals surface area contributed by atoms with Gasteiger partial charge < -0.3 is 0 Å². The van der Waals surface area contributed by atoms with Crippen LogP contribution >= 0.6 is 27.7 Å². The molecule has 0 aromatic heterocycles. The highest BCUT2D eigenvalue weighted by Crippen LogP contribution is 2.24. The Morgan fingerprint density at radius 1 is 1.53 bits per heavy atom. The highest BCUT2D eigenvalue weighted by atomic mass is 79.9. The average molecular weight is 347 g/mol. The summed E-state index contributed by atoms with van der Waals surface area (Å²) in [5, 5.41) is 0.145. The minimum Gasteiger partial charge on any atom is -0.292 e. The number of aliphatic imine (C=N–C) groups is 1. The van der Waals surface area contributed by atoms with Crippen LogP contribution in [0.3, 0.4) is 0 Å². The summed E-state index contributed by atoms with van der Waals surface area (Å²) in [5.74, 6) is 0.746. The molecule has 0 saturated heterocycles. The van der Waals surface area contributed by atoms with Crippen molar-refractivity contribution in [1.29, 1.82) is 0 Å². The molecule has 0 radical (unpaired) electrons. The standard InChI is InChI=1S/C12H17BrN2OS.C2H6/c1-5-9-7-10(13)12(16)15(6-2)11(9)14-8(3)17-4;1-2/h5,7-8H,6H2,1-4H3;1-2H3/b9-5-,14-11+;. The van der Waals surface area contributed by atoms with E-state index in [1.807, 2.05) is 53.0 Å². The number of hydrogen-bond acceptors (Lipinski definition) is 3. The molecular formula is C14H23BrN2OS. The summed E-state index contributed by atoms with van der Waals surface area (Å²) in [6.45, 7) is 10.6. The molecule has 0 aromatic carbocycles. The highest BCUT2D eigenvalue weighted by Gasteiger charge is 2.27. The molecule has 5 heteroatoms. The number of rotatable bonds is 3. The van der Waals surface area contributed by atoms with Crippen LogP contribution in [0.4, 0.5) is 0 Å². The van der Waals surface area contributed by atoms with E-state index in [1.165, 1.54) is 0 Å². The van der Waals surface area contributed by atoms with Crippen LogP contribution in [0.15, 0.2) is 27.2 Å². The first-order valence-corrected chi connectivity index (χ1v) is 8.59. The van der Waals surface area contributed by atoms with E-state index >= 15 is 0 Å². The first-order chi connectivity index (χ1) is 9.04. The number of thioether (sulfide) groups is 1. The van der Waals surface area contributed by atoms with Gasteiger partial charge in [0.1, 0.15) is 5.84 Å². The maximum absolute atomic E-state index is 12.0. The SMILES string of the molecule is C/C=C1/C=C(Br)C(=O)N(CC)/C1=N/C(C)SC.CC. The van der Waals surface area contributed by atoms with E-state index in [4.69, 9.17) is 0 Å². The van der Waals surface area contributed by atoms with E-state index in [0.717, 1.165) is 11.4 Å². The lowest BCUT2D eigenvalue weighted by Gasteiger charge is -2.28. The fraction of sp³-hybridized carbons (Fsp3) is 0.571. The number of carbonyl (C=O) groups is 1. The van der Waals surface area contributed by atoms with Gasteiger partial charge in [0.2, 0.25) is 0 Å². The molecule has 0 N–H and O–H groups in total. The summed E-state index contributed by atoms with van der Waals surface area (Å²) in [7, 11) is 0. The zero-order chi connectivity index (χ0) is 15.0. The third-order valence-corrected chi connectivity index (χ3v) is 3.87. The molecule has 1 rings (SSSR count). The second kappa shape index (κ2) is 9.37. The molecular weight excluding hydrogens is 324 g/mol. The third-order valence-electron chi connectivity index (χ3n) is 2.52. The van der Waals surface area contributed by atoms with Crippen molar-refractivity contribution in [3.05, 3.63) is 22.2 Å². The van der Waals surface area contributed by atoms with E-state index in [9.17, 15) is 4.79 Å². The fourth-order valence-corrected chi connectivity index (χ4v) is 2.18. The number of amides is 1. The summed E-state index contributed by atoms with van der Waals surface area (Å²) in [6.07, 6.45) is 5.82. The van der Waals surface area contributed by atoms with Crippen molar-refractivity contribution in [3.63, 3.8) is 0 Å². The topological polar surface area (TPSA) is 32.7 Å². The summed E-state index contributed by atoms with van der Waals surface area (Å²) in [5.41, 5.74) is 0.985. The van der Waals surface area contributed by atoms with E-state index in [2.05, 4.69) is 20.9 Å². The maximum atomic E-state index is 12.0. The molecule has 0 aromatic rings. The molecule has 1 unspecified atom stereocenters. The van der Waals surface area contributed by atoms with Crippen molar-refractivity contribution in [1.82, 2.24) is 4.90 Å². The fourth-order valence-electron chi connectivity index (χ4n) is 1.52. The predicted molar refractivity (Wildman–Crippen MR) is 89.9 cm³/mol. The Hall–Kier alpha value is -0.550. The van der Waals surface area contributed by atoms with Crippen molar-refractivity contribution in [2.75, 3.05) is 12.8 Å². The first kappa shape index (κ1) is 18.4. The Morgan fingerprint density at radius 2 is 2.11 bits per heavy atom. The van der Waals surface area contributed by atoms with E-state index < -0.39 is 0 Å². The second-order valence-corrected chi connectivity index (χ2v) is 5.58. The minimum absolute atomic E-state index is 0.0230. The number of hydrogen-bond donors (Lipinski definition) is 0. The van der Waals surface area contributed by atoms with Crippen molar-refractivity contribution in [2.24, 2.45) is 4.99 Å². The predicted octanol–water partition coefficient (Wildman–Crippen LogP) is 4.21. The third kappa shape index (κ3) is 4.80.